The molecule has 0 aromatic rings. The van der Waals surface area contributed by atoms with E-state index in [1.807, 2.05) is 0 Å². The zero-order valence-electron chi connectivity index (χ0n) is 56.6. The number of unbranched alkanes of at least 4 members (excludes halogenated alkanes) is 29. The van der Waals surface area contributed by atoms with E-state index < -0.39 is 97.5 Å². The Labute approximate surface area is 530 Å². The minimum atomic E-state index is -4.95. The van der Waals surface area contributed by atoms with Gasteiger partial charge in [-0.15, -0.1) is 0 Å². The molecule has 0 fully saturated rings. The Bertz CT molecular complexity index is 1730. The molecule has 0 aromatic heterocycles. The van der Waals surface area contributed by atoms with Gasteiger partial charge in [-0.3, -0.25) is 37.3 Å². The molecule has 5 unspecified atom stereocenters. The van der Waals surface area contributed by atoms with E-state index in [1.165, 1.54) is 135 Å². The Morgan fingerprint density at radius 2 is 0.552 bits per heavy atom. The maximum atomic E-state index is 13.0. The first kappa shape index (κ1) is 85.1. The van der Waals surface area contributed by atoms with Gasteiger partial charge in [0.25, 0.3) is 0 Å². The number of carbonyl (C=O) groups excluding carboxylic acids is 4. The van der Waals surface area contributed by atoms with Gasteiger partial charge >= 0.3 is 39.5 Å². The number of rotatable bonds is 65. The maximum Gasteiger partial charge on any atom is 0.472 e. The third kappa shape index (κ3) is 60.1. The summed E-state index contributed by atoms with van der Waals surface area (Å²) in [5.74, 6) is 0.857. The molecule has 3 N–H and O–H groups in total. The standard InChI is InChI=1S/C68H132O17P2/c1-9-60(7)46-38-30-22-15-11-12-16-23-32-40-48-65(70)78-54-63(84-67(72)50-42-34-25-17-13-14-20-28-36-44-58(3)4)56-82-86(74,75)80-52-62(69)53-81-87(76,77)83-57-64(85-68(73)51-43-35-27-26-31-39-47-61(8)10-2)55-79-66(71)49-41-33-24-19-18-21-29-37-45-59(5)6/h58-64,69H,9-57H2,1-8H3,(H,74,75)(H,76,77)/t60?,61?,62?,63-,64-/m1/s1. The summed E-state index contributed by atoms with van der Waals surface area (Å²) in [7, 11) is -9.90. The van der Waals surface area contributed by atoms with E-state index in [1.54, 1.807) is 0 Å². The number of esters is 4. The Morgan fingerprint density at radius 1 is 0.322 bits per heavy atom. The van der Waals surface area contributed by atoms with E-state index in [2.05, 4.69) is 55.4 Å². The smallest absolute Gasteiger partial charge is 0.462 e. The fourth-order valence-electron chi connectivity index (χ4n) is 10.1. The average molecular weight is 1280 g/mol. The molecule has 0 aromatic carbocycles. The molecular weight excluding hydrogens is 1150 g/mol. The second kappa shape index (κ2) is 57.9. The van der Waals surface area contributed by atoms with Gasteiger partial charge in [0.1, 0.15) is 19.3 Å². The third-order valence-corrected chi connectivity index (χ3v) is 18.2. The van der Waals surface area contributed by atoms with Crippen molar-refractivity contribution in [2.75, 3.05) is 39.6 Å². The predicted octanol–water partition coefficient (Wildman–Crippen LogP) is 18.9. The van der Waals surface area contributed by atoms with Crippen molar-refractivity contribution >= 4 is 39.5 Å². The van der Waals surface area contributed by atoms with E-state index in [0.717, 1.165) is 114 Å². The zero-order chi connectivity index (χ0) is 64.7. The number of phosphoric acid groups is 2. The third-order valence-electron chi connectivity index (χ3n) is 16.3. The average Bonchev–Trinajstić information content (AvgIpc) is 3.69. The van der Waals surface area contributed by atoms with Gasteiger partial charge in [0.2, 0.25) is 0 Å². The maximum absolute atomic E-state index is 13.0. The molecule has 0 rings (SSSR count). The predicted molar refractivity (Wildman–Crippen MR) is 349 cm³/mol. The number of hydrogen-bond acceptors (Lipinski definition) is 15. The molecule has 87 heavy (non-hydrogen) atoms. The molecule has 0 aliphatic rings. The van der Waals surface area contributed by atoms with Crippen LogP contribution in [-0.4, -0.2) is 96.7 Å². The van der Waals surface area contributed by atoms with Gasteiger partial charge in [-0.1, -0.05) is 280 Å². The van der Waals surface area contributed by atoms with Crippen molar-refractivity contribution in [3.63, 3.8) is 0 Å². The summed E-state index contributed by atoms with van der Waals surface area (Å²) in [4.78, 5) is 72.4. The number of carbonyl (C=O) groups is 4. The fourth-order valence-corrected chi connectivity index (χ4v) is 11.7. The SMILES string of the molecule is CCC(C)CCCCCCCCCCCCC(=O)OC[C@H](COP(=O)(O)OCC(O)COP(=O)(O)OC[C@@H](COC(=O)CCCCCCCCCCC(C)C)OC(=O)CCCCCCCCC(C)CC)OC(=O)CCCCCCCCCCCC(C)C. The lowest BCUT2D eigenvalue weighted by Gasteiger charge is -2.21. The molecule has 0 aliphatic heterocycles. The van der Waals surface area contributed by atoms with Crippen LogP contribution in [0.2, 0.25) is 0 Å². The highest BCUT2D eigenvalue weighted by Crippen LogP contribution is 2.45. The summed E-state index contributed by atoms with van der Waals surface area (Å²) >= 11 is 0. The monoisotopic (exact) mass is 1280 g/mol. The van der Waals surface area contributed by atoms with Gasteiger partial charge in [0.15, 0.2) is 12.2 Å². The quantitative estimate of drug-likeness (QED) is 0.0222. The second-order valence-corrected chi connectivity index (χ2v) is 28.9. The Balaban J connectivity index is 5.26. The van der Waals surface area contributed by atoms with Gasteiger partial charge in [-0.2, -0.15) is 0 Å². The van der Waals surface area contributed by atoms with Crippen molar-refractivity contribution in [2.24, 2.45) is 23.7 Å². The molecular formula is C68H132O17P2. The van der Waals surface area contributed by atoms with Crippen molar-refractivity contribution in [3.8, 4) is 0 Å². The normalized spacial score (nSPS) is 15.0. The first-order chi connectivity index (χ1) is 41.7. The molecule has 0 saturated heterocycles. The van der Waals surface area contributed by atoms with Crippen LogP contribution >= 0.6 is 15.6 Å². The summed E-state index contributed by atoms with van der Waals surface area (Å²) in [6.07, 6.45) is 38.9. The topological polar surface area (TPSA) is 237 Å². The van der Waals surface area contributed by atoms with Crippen LogP contribution in [0, 0.1) is 23.7 Å². The van der Waals surface area contributed by atoms with E-state index in [0.29, 0.717) is 25.7 Å². The number of ether oxygens (including phenoxy) is 4. The van der Waals surface area contributed by atoms with Crippen LogP contribution in [0.4, 0.5) is 0 Å². The van der Waals surface area contributed by atoms with Gasteiger partial charge in [-0.05, 0) is 49.4 Å². The number of phosphoric ester groups is 2. The van der Waals surface area contributed by atoms with Gasteiger partial charge in [0.05, 0.1) is 26.4 Å². The van der Waals surface area contributed by atoms with Crippen molar-refractivity contribution in [1.29, 1.82) is 0 Å². The van der Waals surface area contributed by atoms with Crippen molar-refractivity contribution in [3.05, 3.63) is 0 Å². The van der Waals surface area contributed by atoms with Crippen LogP contribution in [-0.2, 0) is 65.4 Å². The molecule has 17 nitrogen and oxygen atoms in total. The van der Waals surface area contributed by atoms with Gasteiger partial charge < -0.3 is 33.8 Å². The summed E-state index contributed by atoms with van der Waals surface area (Å²) in [5, 5.41) is 10.6. The molecule has 0 saturated carbocycles. The van der Waals surface area contributed by atoms with Crippen molar-refractivity contribution in [1.82, 2.24) is 0 Å². The minimum absolute atomic E-state index is 0.102. The van der Waals surface area contributed by atoms with Crippen LogP contribution in [0.1, 0.15) is 331 Å². The van der Waals surface area contributed by atoms with E-state index in [4.69, 9.17) is 37.0 Å². The summed E-state index contributed by atoms with van der Waals surface area (Å²) in [6.45, 7) is 14.1. The number of hydrogen-bond donors (Lipinski definition) is 3. The van der Waals surface area contributed by atoms with Crippen LogP contribution in [0.5, 0.6) is 0 Å². The zero-order valence-corrected chi connectivity index (χ0v) is 58.4. The Hall–Kier alpha value is -1.94. The molecule has 516 valence electrons. The first-order valence-electron chi connectivity index (χ1n) is 35.3. The summed E-state index contributed by atoms with van der Waals surface area (Å²) < 4.78 is 68.2. The molecule has 7 atom stereocenters. The Morgan fingerprint density at radius 3 is 0.816 bits per heavy atom. The number of aliphatic hydroxyl groups excluding tert-OH is 1. The first-order valence-corrected chi connectivity index (χ1v) is 38.3. The van der Waals surface area contributed by atoms with Gasteiger partial charge in [0, 0.05) is 25.7 Å². The molecule has 0 heterocycles. The highest BCUT2D eigenvalue weighted by molar-refractivity contribution is 7.47. The summed E-state index contributed by atoms with van der Waals surface area (Å²) in [6, 6.07) is 0. The minimum Gasteiger partial charge on any atom is -0.462 e. The second-order valence-electron chi connectivity index (χ2n) is 26.0. The lowest BCUT2D eigenvalue weighted by Crippen LogP contribution is -2.30. The summed E-state index contributed by atoms with van der Waals surface area (Å²) in [5.41, 5.74) is 0. The fraction of sp³-hybridized carbons (Fsp3) is 0.941. The largest absolute Gasteiger partial charge is 0.472 e. The van der Waals surface area contributed by atoms with Crippen molar-refractivity contribution in [2.45, 2.75) is 350 Å². The molecule has 0 spiro atoms. The molecule has 0 amide bonds. The van der Waals surface area contributed by atoms with Crippen LogP contribution in [0.25, 0.3) is 0 Å². The van der Waals surface area contributed by atoms with Crippen LogP contribution in [0.15, 0.2) is 0 Å². The highest BCUT2D eigenvalue weighted by atomic mass is 31.2. The highest BCUT2D eigenvalue weighted by Gasteiger charge is 2.30. The van der Waals surface area contributed by atoms with Crippen LogP contribution in [0.3, 0.4) is 0 Å². The molecule has 0 radical (unpaired) electrons. The lowest BCUT2D eigenvalue weighted by molar-refractivity contribution is -0.161. The lowest BCUT2D eigenvalue weighted by atomic mass is 9.99. The number of aliphatic hydroxyl groups is 1. The molecule has 19 heteroatoms. The van der Waals surface area contributed by atoms with Gasteiger partial charge in [-0.25, -0.2) is 9.13 Å². The van der Waals surface area contributed by atoms with E-state index in [9.17, 15) is 43.2 Å². The van der Waals surface area contributed by atoms with E-state index in [-0.39, 0.29) is 25.7 Å². The molecule has 0 aliphatic carbocycles. The van der Waals surface area contributed by atoms with E-state index >= 15 is 0 Å². The van der Waals surface area contributed by atoms with Crippen LogP contribution < -0.4 is 0 Å². The molecule has 0 bridgehead atoms. The Kier molecular flexibility index (Phi) is 56.6. The van der Waals surface area contributed by atoms with Crippen molar-refractivity contribution < 1.29 is 80.2 Å².